The number of hydrogen-bond donors (Lipinski definition) is 1. The maximum Gasteiger partial charge on any atom is 0.144 e. The fraction of sp³-hybridized carbons (Fsp3) is 0.400. The molecule has 0 heterocycles. The number of aliphatic hydroxyl groups is 1. The molecule has 0 bridgehead atoms. The molecule has 1 heteroatoms. The van der Waals surface area contributed by atoms with E-state index in [9.17, 15) is 5.11 Å². The summed E-state index contributed by atoms with van der Waals surface area (Å²) < 4.78 is 0. The predicted molar refractivity (Wildman–Crippen MR) is 45.9 cm³/mol. The SMILES string of the molecule is C=CC#CC1(O)C=CCCC1. The molecule has 58 valence electrons. The predicted octanol–water partition coefficient (Wildman–Crippen LogP) is 1.65. The second-order valence-corrected chi connectivity index (χ2v) is 2.69. The highest BCUT2D eigenvalue weighted by Gasteiger charge is 2.21. The van der Waals surface area contributed by atoms with E-state index in [1.165, 1.54) is 6.08 Å². The smallest absolute Gasteiger partial charge is 0.144 e. The van der Waals surface area contributed by atoms with Crippen LogP contribution in [0.1, 0.15) is 19.3 Å². The maximum absolute atomic E-state index is 9.69. The van der Waals surface area contributed by atoms with E-state index in [2.05, 4.69) is 18.4 Å². The number of rotatable bonds is 0. The van der Waals surface area contributed by atoms with Crippen molar-refractivity contribution in [3.8, 4) is 11.8 Å². The van der Waals surface area contributed by atoms with Crippen molar-refractivity contribution in [1.29, 1.82) is 0 Å². The van der Waals surface area contributed by atoms with Crippen LogP contribution >= 0.6 is 0 Å². The molecule has 0 aliphatic heterocycles. The Hall–Kier alpha value is -1.00. The monoisotopic (exact) mass is 148 g/mol. The molecular formula is C10H12O. The van der Waals surface area contributed by atoms with Gasteiger partial charge in [-0.15, -0.1) is 0 Å². The first-order valence-electron chi connectivity index (χ1n) is 3.80. The van der Waals surface area contributed by atoms with Crippen molar-refractivity contribution >= 4 is 0 Å². The van der Waals surface area contributed by atoms with E-state index in [0.29, 0.717) is 0 Å². The van der Waals surface area contributed by atoms with Crippen molar-refractivity contribution in [1.82, 2.24) is 0 Å². The van der Waals surface area contributed by atoms with Crippen LogP contribution in [-0.2, 0) is 0 Å². The van der Waals surface area contributed by atoms with Gasteiger partial charge in [-0.1, -0.05) is 24.5 Å². The third-order valence-electron chi connectivity index (χ3n) is 1.71. The first kappa shape index (κ1) is 8.10. The fourth-order valence-corrected chi connectivity index (χ4v) is 1.13. The summed E-state index contributed by atoms with van der Waals surface area (Å²) >= 11 is 0. The van der Waals surface area contributed by atoms with Gasteiger partial charge in [0.25, 0.3) is 0 Å². The van der Waals surface area contributed by atoms with Gasteiger partial charge >= 0.3 is 0 Å². The first-order valence-corrected chi connectivity index (χ1v) is 3.80. The molecule has 0 spiro atoms. The summed E-state index contributed by atoms with van der Waals surface area (Å²) in [5.74, 6) is 5.42. The zero-order chi connectivity index (χ0) is 8.16. The van der Waals surface area contributed by atoms with E-state index in [-0.39, 0.29) is 0 Å². The minimum Gasteiger partial charge on any atom is -0.374 e. The third-order valence-corrected chi connectivity index (χ3v) is 1.71. The molecule has 1 N–H and O–H groups in total. The molecule has 1 nitrogen and oxygen atoms in total. The van der Waals surface area contributed by atoms with Gasteiger partial charge in [-0.25, -0.2) is 0 Å². The fourth-order valence-electron chi connectivity index (χ4n) is 1.13. The minimum absolute atomic E-state index is 0.740. The van der Waals surface area contributed by atoms with Gasteiger partial charge in [0.15, 0.2) is 0 Å². The molecular weight excluding hydrogens is 136 g/mol. The lowest BCUT2D eigenvalue weighted by Crippen LogP contribution is -2.25. The van der Waals surface area contributed by atoms with E-state index >= 15 is 0 Å². The average Bonchev–Trinajstić information content (AvgIpc) is 2.03. The molecule has 0 amide bonds. The Morgan fingerprint density at radius 2 is 2.45 bits per heavy atom. The molecule has 0 saturated heterocycles. The Kier molecular flexibility index (Phi) is 2.51. The Balaban J connectivity index is 2.72. The Labute approximate surface area is 67.4 Å². The van der Waals surface area contributed by atoms with E-state index in [4.69, 9.17) is 0 Å². The summed E-state index contributed by atoms with van der Waals surface area (Å²) in [6.45, 7) is 3.47. The average molecular weight is 148 g/mol. The van der Waals surface area contributed by atoms with Gasteiger partial charge in [-0.3, -0.25) is 0 Å². The van der Waals surface area contributed by atoms with Crippen molar-refractivity contribution in [2.75, 3.05) is 0 Å². The molecule has 1 aliphatic rings. The molecule has 0 aromatic heterocycles. The van der Waals surface area contributed by atoms with Crippen LogP contribution in [0.2, 0.25) is 0 Å². The highest BCUT2D eigenvalue weighted by Crippen LogP contribution is 2.20. The molecule has 0 fully saturated rings. The molecule has 0 radical (unpaired) electrons. The zero-order valence-corrected chi connectivity index (χ0v) is 6.51. The van der Waals surface area contributed by atoms with Gasteiger partial charge < -0.3 is 5.11 Å². The second kappa shape index (κ2) is 3.41. The molecule has 0 aromatic rings. The molecule has 1 aliphatic carbocycles. The van der Waals surface area contributed by atoms with Crippen LogP contribution in [0, 0.1) is 11.8 Å². The summed E-state index contributed by atoms with van der Waals surface area (Å²) in [6.07, 6.45) is 8.05. The number of hydrogen-bond acceptors (Lipinski definition) is 1. The van der Waals surface area contributed by atoms with E-state index < -0.39 is 5.60 Å². The lowest BCUT2D eigenvalue weighted by molar-refractivity contribution is 0.135. The van der Waals surface area contributed by atoms with Crippen LogP contribution in [0.15, 0.2) is 24.8 Å². The highest BCUT2D eigenvalue weighted by atomic mass is 16.3. The van der Waals surface area contributed by atoms with Gasteiger partial charge in [0.05, 0.1) is 0 Å². The van der Waals surface area contributed by atoms with Crippen LogP contribution in [-0.4, -0.2) is 10.7 Å². The molecule has 1 rings (SSSR count). The normalized spacial score (nSPS) is 28.8. The van der Waals surface area contributed by atoms with Gasteiger partial charge in [-0.05, 0) is 31.4 Å². The molecule has 0 aromatic carbocycles. The second-order valence-electron chi connectivity index (χ2n) is 2.69. The van der Waals surface area contributed by atoms with Gasteiger partial charge in [0.1, 0.15) is 5.60 Å². The van der Waals surface area contributed by atoms with Crippen LogP contribution in [0.4, 0.5) is 0 Å². The van der Waals surface area contributed by atoms with Crippen molar-refractivity contribution in [3.05, 3.63) is 24.8 Å². The minimum atomic E-state index is -0.882. The van der Waals surface area contributed by atoms with Crippen LogP contribution in [0.25, 0.3) is 0 Å². The summed E-state index contributed by atoms with van der Waals surface area (Å²) in [5, 5.41) is 9.69. The standard InChI is InChI=1S/C10H12O/c1-2-3-7-10(11)8-5-4-6-9-10/h2,5,8,11H,1,4,6,9H2. The van der Waals surface area contributed by atoms with E-state index in [1.54, 1.807) is 6.08 Å². The molecule has 11 heavy (non-hydrogen) atoms. The van der Waals surface area contributed by atoms with Crippen LogP contribution < -0.4 is 0 Å². The molecule has 1 atom stereocenters. The van der Waals surface area contributed by atoms with Crippen molar-refractivity contribution < 1.29 is 5.11 Å². The van der Waals surface area contributed by atoms with Crippen molar-refractivity contribution in [2.24, 2.45) is 0 Å². The van der Waals surface area contributed by atoms with Gasteiger partial charge in [0.2, 0.25) is 0 Å². The number of allylic oxidation sites excluding steroid dienone is 2. The Bertz CT molecular complexity index is 229. The highest BCUT2D eigenvalue weighted by molar-refractivity contribution is 5.27. The summed E-state index contributed by atoms with van der Waals surface area (Å²) in [6, 6.07) is 0. The first-order chi connectivity index (χ1) is 5.27. The summed E-state index contributed by atoms with van der Waals surface area (Å²) in [7, 11) is 0. The van der Waals surface area contributed by atoms with Gasteiger partial charge in [-0.2, -0.15) is 0 Å². The Morgan fingerprint density at radius 1 is 1.64 bits per heavy atom. The lowest BCUT2D eigenvalue weighted by Gasteiger charge is -2.20. The topological polar surface area (TPSA) is 20.2 Å². The maximum atomic E-state index is 9.69. The van der Waals surface area contributed by atoms with Crippen molar-refractivity contribution in [3.63, 3.8) is 0 Å². The van der Waals surface area contributed by atoms with E-state index in [0.717, 1.165) is 19.3 Å². The zero-order valence-electron chi connectivity index (χ0n) is 6.51. The van der Waals surface area contributed by atoms with Crippen LogP contribution in [0.5, 0.6) is 0 Å². The Morgan fingerprint density at radius 3 is 3.00 bits per heavy atom. The molecule has 0 saturated carbocycles. The summed E-state index contributed by atoms with van der Waals surface area (Å²) in [5.41, 5.74) is -0.882. The van der Waals surface area contributed by atoms with Crippen molar-refractivity contribution in [2.45, 2.75) is 24.9 Å². The molecule has 1 unspecified atom stereocenters. The lowest BCUT2D eigenvalue weighted by atomic mass is 9.92. The third kappa shape index (κ3) is 2.25. The summed E-state index contributed by atoms with van der Waals surface area (Å²) in [4.78, 5) is 0. The largest absolute Gasteiger partial charge is 0.374 e. The quantitative estimate of drug-likeness (QED) is 0.409. The van der Waals surface area contributed by atoms with Crippen LogP contribution in [0.3, 0.4) is 0 Å². The van der Waals surface area contributed by atoms with E-state index in [1.807, 2.05) is 6.08 Å². The van der Waals surface area contributed by atoms with Gasteiger partial charge in [0, 0.05) is 0 Å².